The van der Waals surface area contributed by atoms with Crippen LogP contribution in [0.25, 0.3) is 0 Å². The van der Waals surface area contributed by atoms with Gasteiger partial charge in [-0.05, 0) is 35.9 Å². The Morgan fingerprint density at radius 2 is 1.83 bits per heavy atom. The quantitative estimate of drug-likeness (QED) is 0.863. The van der Waals surface area contributed by atoms with E-state index in [0.717, 1.165) is 18.2 Å². The number of amides is 1. The van der Waals surface area contributed by atoms with Gasteiger partial charge in [0.1, 0.15) is 17.6 Å². The van der Waals surface area contributed by atoms with E-state index in [4.69, 9.17) is 5.26 Å². The van der Waals surface area contributed by atoms with Gasteiger partial charge in [0.05, 0.1) is 12.0 Å². The predicted octanol–water partition coefficient (Wildman–Crippen LogP) is 3.78. The summed E-state index contributed by atoms with van der Waals surface area (Å²) in [5.74, 6) is -1.55. The van der Waals surface area contributed by atoms with Crippen LogP contribution in [0.5, 0.6) is 5.75 Å². The number of nitrogens with one attached hydrogen (secondary N) is 1. The number of carbonyl (C=O) groups is 1. The van der Waals surface area contributed by atoms with E-state index in [-0.39, 0.29) is 23.4 Å². The molecule has 0 bridgehead atoms. The van der Waals surface area contributed by atoms with Crippen molar-refractivity contribution in [1.82, 2.24) is 0 Å². The summed E-state index contributed by atoms with van der Waals surface area (Å²) in [6, 6.07) is 10.0. The zero-order valence-corrected chi connectivity index (χ0v) is 12.0. The second kappa shape index (κ2) is 7.00. The van der Waals surface area contributed by atoms with E-state index in [1.165, 1.54) is 24.3 Å². The van der Waals surface area contributed by atoms with Gasteiger partial charge in [0.25, 0.3) is 0 Å². The van der Waals surface area contributed by atoms with E-state index in [9.17, 15) is 22.4 Å². The number of nitriles is 1. The maximum Gasteiger partial charge on any atom is 0.573 e. The largest absolute Gasteiger partial charge is 0.573 e. The van der Waals surface area contributed by atoms with Crippen molar-refractivity contribution in [3.8, 4) is 11.8 Å². The molecule has 2 rings (SSSR count). The van der Waals surface area contributed by atoms with Crippen LogP contribution in [0.2, 0.25) is 0 Å². The topological polar surface area (TPSA) is 62.1 Å². The highest BCUT2D eigenvalue weighted by atomic mass is 19.4. The minimum atomic E-state index is -4.78. The van der Waals surface area contributed by atoms with Crippen molar-refractivity contribution in [2.24, 2.45) is 0 Å². The van der Waals surface area contributed by atoms with E-state index in [2.05, 4.69) is 10.1 Å². The summed E-state index contributed by atoms with van der Waals surface area (Å²) < 4.78 is 53.1. The molecule has 0 radical (unpaired) electrons. The van der Waals surface area contributed by atoms with Gasteiger partial charge < -0.3 is 10.1 Å². The number of benzene rings is 2. The van der Waals surface area contributed by atoms with Crippen LogP contribution in [0.4, 0.5) is 23.2 Å². The summed E-state index contributed by atoms with van der Waals surface area (Å²) in [4.78, 5) is 11.9. The fraction of sp³-hybridized carbons (Fsp3) is 0.125. The monoisotopic (exact) mass is 338 g/mol. The number of halogens is 4. The number of carbonyl (C=O) groups excluding carboxylic acids is 1. The van der Waals surface area contributed by atoms with Gasteiger partial charge in [-0.2, -0.15) is 5.26 Å². The molecule has 0 saturated heterocycles. The second-order valence-corrected chi connectivity index (χ2v) is 4.72. The summed E-state index contributed by atoms with van der Waals surface area (Å²) in [6.45, 7) is 0. The van der Waals surface area contributed by atoms with Gasteiger partial charge in [0.15, 0.2) is 0 Å². The van der Waals surface area contributed by atoms with Crippen LogP contribution in [0.3, 0.4) is 0 Å². The van der Waals surface area contributed by atoms with E-state index in [1.807, 2.05) is 0 Å². The molecule has 1 amide bonds. The van der Waals surface area contributed by atoms with E-state index in [1.54, 1.807) is 6.07 Å². The van der Waals surface area contributed by atoms with Crippen molar-refractivity contribution in [3.63, 3.8) is 0 Å². The van der Waals surface area contributed by atoms with Crippen LogP contribution in [0, 0.1) is 17.1 Å². The lowest BCUT2D eigenvalue weighted by atomic mass is 10.1. The maximum atomic E-state index is 13.2. The third-order valence-electron chi connectivity index (χ3n) is 2.89. The summed E-state index contributed by atoms with van der Waals surface area (Å²) in [5, 5.41) is 11.2. The second-order valence-electron chi connectivity index (χ2n) is 4.72. The summed E-state index contributed by atoms with van der Waals surface area (Å²) in [6.07, 6.45) is -4.88. The first-order valence-corrected chi connectivity index (χ1v) is 6.61. The van der Waals surface area contributed by atoms with Crippen LogP contribution in [0.15, 0.2) is 42.5 Å². The van der Waals surface area contributed by atoms with Gasteiger partial charge in [0.2, 0.25) is 5.91 Å². The molecule has 4 nitrogen and oxygen atoms in total. The molecule has 0 heterocycles. The highest BCUT2D eigenvalue weighted by Crippen LogP contribution is 2.23. The maximum absolute atomic E-state index is 13.2. The fourth-order valence-corrected chi connectivity index (χ4v) is 1.89. The lowest BCUT2D eigenvalue weighted by molar-refractivity contribution is -0.274. The first-order chi connectivity index (χ1) is 11.3. The first-order valence-electron chi connectivity index (χ1n) is 6.61. The molecule has 0 aromatic heterocycles. The molecule has 0 fully saturated rings. The number of anilines is 1. The smallest absolute Gasteiger partial charge is 0.406 e. The molecule has 0 unspecified atom stereocenters. The molecule has 0 saturated carbocycles. The number of alkyl halides is 3. The van der Waals surface area contributed by atoms with Crippen LogP contribution in [0.1, 0.15) is 11.1 Å². The predicted molar refractivity (Wildman–Crippen MR) is 76.6 cm³/mol. The molecule has 0 atom stereocenters. The van der Waals surface area contributed by atoms with E-state index in [0.29, 0.717) is 5.56 Å². The van der Waals surface area contributed by atoms with Gasteiger partial charge in [-0.15, -0.1) is 13.2 Å². The lowest BCUT2D eigenvalue weighted by Gasteiger charge is -2.09. The Labute approximate surface area is 134 Å². The number of ether oxygens (including phenoxy) is 1. The fourth-order valence-electron chi connectivity index (χ4n) is 1.89. The number of nitrogens with zero attached hydrogens (tertiary/aromatic N) is 1. The van der Waals surface area contributed by atoms with Gasteiger partial charge in [-0.1, -0.05) is 12.1 Å². The molecular formula is C16H10F4N2O2. The Bertz CT molecular complexity index is 780. The summed E-state index contributed by atoms with van der Waals surface area (Å²) in [7, 11) is 0. The van der Waals surface area contributed by atoms with Gasteiger partial charge >= 0.3 is 6.36 Å². The molecule has 0 aliphatic carbocycles. The molecule has 0 aliphatic rings. The first kappa shape index (κ1) is 17.3. The number of rotatable bonds is 4. The average molecular weight is 338 g/mol. The van der Waals surface area contributed by atoms with Crippen molar-refractivity contribution < 1.29 is 27.1 Å². The minimum absolute atomic E-state index is 0.106. The number of hydrogen-bond donors (Lipinski definition) is 1. The molecule has 124 valence electrons. The third-order valence-corrected chi connectivity index (χ3v) is 2.89. The number of hydrogen-bond acceptors (Lipinski definition) is 3. The SMILES string of the molecule is N#Cc1cc(NC(=O)Cc2ccc(OC(F)(F)F)cc2)ccc1F. The molecule has 2 aromatic carbocycles. The van der Waals surface area contributed by atoms with E-state index >= 15 is 0 Å². The molecule has 1 N–H and O–H groups in total. The Kier molecular flexibility index (Phi) is 5.04. The average Bonchev–Trinajstić information content (AvgIpc) is 2.49. The van der Waals surface area contributed by atoms with Crippen molar-refractivity contribution in [3.05, 3.63) is 59.4 Å². The Hall–Kier alpha value is -3.08. The van der Waals surface area contributed by atoms with Crippen LogP contribution in [-0.4, -0.2) is 12.3 Å². The highest BCUT2D eigenvalue weighted by molar-refractivity contribution is 5.92. The molecule has 0 aliphatic heterocycles. The summed E-state index contributed by atoms with van der Waals surface area (Å²) >= 11 is 0. The van der Waals surface area contributed by atoms with Crippen molar-refractivity contribution >= 4 is 11.6 Å². The third kappa shape index (κ3) is 4.98. The van der Waals surface area contributed by atoms with Gasteiger partial charge in [-0.3, -0.25) is 4.79 Å². The Balaban J connectivity index is 1.99. The Morgan fingerprint density at radius 3 is 2.42 bits per heavy atom. The standard InChI is InChI=1S/C16H10F4N2O2/c17-14-6-3-12(8-11(14)9-21)22-15(23)7-10-1-4-13(5-2-10)24-16(18,19)20/h1-6,8H,7H2,(H,22,23). The van der Waals surface area contributed by atoms with Crippen LogP contribution < -0.4 is 10.1 Å². The molecule has 2 aromatic rings. The highest BCUT2D eigenvalue weighted by Gasteiger charge is 2.30. The van der Waals surface area contributed by atoms with Gasteiger partial charge in [0, 0.05) is 5.69 Å². The Morgan fingerprint density at radius 1 is 1.17 bits per heavy atom. The minimum Gasteiger partial charge on any atom is -0.406 e. The van der Waals surface area contributed by atoms with Crippen LogP contribution >= 0.6 is 0 Å². The summed E-state index contributed by atoms with van der Waals surface area (Å²) in [5.41, 5.74) is 0.501. The lowest BCUT2D eigenvalue weighted by Crippen LogP contribution is -2.17. The zero-order chi connectivity index (χ0) is 17.7. The van der Waals surface area contributed by atoms with Gasteiger partial charge in [-0.25, -0.2) is 4.39 Å². The van der Waals surface area contributed by atoms with Crippen molar-refractivity contribution in [2.75, 3.05) is 5.32 Å². The van der Waals surface area contributed by atoms with E-state index < -0.39 is 18.1 Å². The molecule has 0 spiro atoms. The molecule has 24 heavy (non-hydrogen) atoms. The van der Waals surface area contributed by atoms with Crippen LogP contribution in [-0.2, 0) is 11.2 Å². The molecular weight excluding hydrogens is 328 g/mol. The van der Waals surface area contributed by atoms with Crippen molar-refractivity contribution in [2.45, 2.75) is 12.8 Å². The molecule has 8 heteroatoms. The van der Waals surface area contributed by atoms with Crippen molar-refractivity contribution in [1.29, 1.82) is 5.26 Å². The zero-order valence-electron chi connectivity index (χ0n) is 12.0. The normalized spacial score (nSPS) is 10.8.